The lowest BCUT2D eigenvalue weighted by molar-refractivity contribution is -0.145. The molecule has 2 aromatic carbocycles. The van der Waals surface area contributed by atoms with Gasteiger partial charge in [-0.05, 0) is 61.5 Å². The highest BCUT2D eigenvalue weighted by atomic mass is 19.4. The number of nitrogens with zero attached hydrogens (tertiary/aromatic N) is 2. The Morgan fingerprint density at radius 1 is 0.853 bits per heavy atom. The van der Waals surface area contributed by atoms with Crippen LogP contribution in [0.1, 0.15) is 55.9 Å². The van der Waals surface area contributed by atoms with E-state index in [9.17, 15) is 31.6 Å². The van der Waals surface area contributed by atoms with Crippen LogP contribution in [0.5, 0.6) is 0 Å². The molecule has 2 aromatic rings. The van der Waals surface area contributed by atoms with E-state index < -0.39 is 40.4 Å². The topological polar surface area (TPSA) is 27.0 Å². The van der Waals surface area contributed by atoms with Crippen LogP contribution in [-0.4, -0.2) is 24.5 Å². The maximum absolute atomic E-state index is 13.8. The lowest BCUT2D eigenvalue weighted by atomic mass is 9.66. The first-order valence-corrected chi connectivity index (χ1v) is 11.3. The Labute approximate surface area is 197 Å². The third-order valence-electron chi connectivity index (χ3n) is 6.36. The lowest BCUT2D eigenvalue weighted by Gasteiger charge is -2.36. The van der Waals surface area contributed by atoms with Gasteiger partial charge in [0.2, 0.25) is 0 Å². The Kier molecular flexibility index (Phi) is 9.18. The van der Waals surface area contributed by atoms with E-state index in [4.69, 9.17) is 0 Å². The van der Waals surface area contributed by atoms with Crippen molar-refractivity contribution in [3.05, 3.63) is 70.8 Å². The molecule has 0 N–H and O–H groups in total. The van der Waals surface area contributed by atoms with E-state index in [0.717, 1.165) is 18.1 Å². The molecule has 186 valence electrons. The molecule has 0 heterocycles. The van der Waals surface area contributed by atoms with Crippen LogP contribution in [-0.2, 0) is 24.2 Å². The van der Waals surface area contributed by atoms with Gasteiger partial charge in [-0.15, -0.1) is 0 Å². The van der Waals surface area contributed by atoms with Crippen molar-refractivity contribution in [3.63, 3.8) is 0 Å². The second-order valence-electron chi connectivity index (χ2n) is 8.73. The van der Waals surface area contributed by atoms with Crippen LogP contribution in [0.25, 0.3) is 0 Å². The van der Waals surface area contributed by atoms with Crippen molar-refractivity contribution in [2.75, 3.05) is 19.6 Å². The number of benzene rings is 2. The smallest absolute Gasteiger partial charge is 0.303 e. The summed E-state index contributed by atoms with van der Waals surface area (Å²) in [5.41, 5.74) is -4.54. The number of rotatable bonds is 10. The number of hydrogen-bond donors (Lipinski definition) is 0. The van der Waals surface area contributed by atoms with Gasteiger partial charge in [0.15, 0.2) is 0 Å². The van der Waals surface area contributed by atoms with Crippen LogP contribution in [0.4, 0.5) is 26.3 Å². The molecule has 0 spiro atoms. The third kappa shape index (κ3) is 6.53. The Morgan fingerprint density at radius 3 is 1.85 bits per heavy atom. The average molecular weight is 485 g/mol. The van der Waals surface area contributed by atoms with Gasteiger partial charge in [-0.1, -0.05) is 57.2 Å². The molecule has 0 fully saturated rings. The fourth-order valence-corrected chi connectivity index (χ4v) is 4.39. The van der Waals surface area contributed by atoms with E-state index in [2.05, 4.69) is 4.90 Å². The van der Waals surface area contributed by atoms with E-state index in [1.165, 1.54) is 13.8 Å². The molecule has 2 nitrogen and oxygen atoms in total. The predicted octanol–water partition coefficient (Wildman–Crippen LogP) is 7.49. The molecule has 1 unspecified atom stereocenters. The van der Waals surface area contributed by atoms with Gasteiger partial charge < -0.3 is 4.90 Å². The molecule has 8 heteroatoms. The third-order valence-corrected chi connectivity index (χ3v) is 6.36. The Morgan fingerprint density at radius 2 is 1.41 bits per heavy atom. The summed E-state index contributed by atoms with van der Waals surface area (Å²) < 4.78 is 83.0. The van der Waals surface area contributed by atoms with Crippen molar-refractivity contribution in [2.24, 2.45) is 5.92 Å². The average Bonchev–Trinajstić information content (AvgIpc) is 2.78. The highest BCUT2D eigenvalue weighted by molar-refractivity contribution is 5.48. The van der Waals surface area contributed by atoms with Crippen LogP contribution in [0.2, 0.25) is 0 Å². The molecule has 0 aromatic heterocycles. The van der Waals surface area contributed by atoms with Gasteiger partial charge in [0.05, 0.1) is 22.6 Å². The maximum atomic E-state index is 13.8. The Balaban J connectivity index is 2.36. The fourth-order valence-electron chi connectivity index (χ4n) is 4.39. The van der Waals surface area contributed by atoms with Crippen molar-refractivity contribution in [1.29, 1.82) is 5.26 Å². The molecule has 0 amide bonds. The van der Waals surface area contributed by atoms with E-state index in [0.29, 0.717) is 31.8 Å². The number of likely N-dealkylation sites (N-methyl/N-ethyl adjacent to an activating group) is 1. The van der Waals surface area contributed by atoms with Crippen LogP contribution in [0.15, 0.2) is 48.5 Å². The minimum atomic E-state index is -5.02. The number of nitriles is 1. The molecule has 2 rings (SSSR count). The second-order valence-corrected chi connectivity index (χ2v) is 8.73. The summed E-state index contributed by atoms with van der Waals surface area (Å²) in [4.78, 5) is 2.09. The largest absolute Gasteiger partial charge is 0.416 e. The lowest BCUT2D eigenvalue weighted by Crippen LogP contribution is -2.37. The van der Waals surface area contributed by atoms with Gasteiger partial charge in [0, 0.05) is 6.54 Å². The highest BCUT2D eigenvalue weighted by Crippen LogP contribution is 2.48. The van der Waals surface area contributed by atoms with Crippen molar-refractivity contribution >= 4 is 0 Å². The summed E-state index contributed by atoms with van der Waals surface area (Å²) in [7, 11) is 0. The highest BCUT2D eigenvalue weighted by Gasteiger charge is 2.49. The van der Waals surface area contributed by atoms with E-state index in [1.807, 2.05) is 43.3 Å². The minimum Gasteiger partial charge on any atom is -0.303 e. The fraction of sp³-hybridized carbons (Fsp3) is 0.500. The van der Waals surface area contributed by atoms with Gasteiger partial charge in [-0.3, -0.25) is 0 Å². The molecular formula is C26H30F6N2. The van der Waals surface area contributed by atoms with Gasteiger partial charge in [-0.2, -0.15) is 31.6 Å². The Bertz CT molecular complexity index is 928. The van der Waals surface area contributed by atoms with Gasteiger partial charge in [0.1, 0.15) is 0 Å². The molecular weight excluding hydrogens is 454 g/mol. The van der Waals surface area contributed by atoms with E-state index in [-0.39, 0.29) is 12.8 Å². The van der Waals surface area contributed by atoms with Gasteiger partial charge in [-0.25, -0.2) is 0 Å². The van der Waals surface area contributed by atoms with E-state index >= 15 is 0 Å². The molecule has 1 atom stereocenters. The minimum absolute atomic E-state index is 0.112. The molecule has 0 saturated heterocycles. The number of hydrogen-bond acceptors (Lipinski definition) is 2. The standard InChI is InChI=1S/C26H30F6N2/c1-4-34(17-14-20-10-6-5-7-11-20)16-9-15-24(18-33,19(2)3)23-21(25(27,28)29)12-8-13-22(23)26(30,31)32/h5-8,10-13,19H,4,9,14-17H2,1-3H3. The van der Waals surface area contributed by atoms with Crippen LogP contribution in [0.3, 0.4) is 0 Å². The molecule has 34 heavy (non-hydrogen) atoms. The first kappa shape index (κ1) is 27.7. The summed E-state index contributed by atoms with van der Waals surface area (Å²) in [6.45, 7) is 6.81. The molecule has 0 saturated carbocycles. The van der Waals surface area contributed by atoms with Crippen LogP contribution < -0.4 is 0 Å². The van der Waals surface area contributed by atoms with Crippen LogP contribution >= 0.6 is 0 Å². The molecule has 0 radical (unpaired) electrons. The quantitative estimate of drug-likeness (QED) is 0.327. The van der Waals surface area contributed by atoms with Crippen molar-refractivity contribution < 1.29 is 26.3 Å². The van der Waals surface area contributed by atoms with E-state index in [1.54, 1.807) is 0 Å². The SMILES string of the molecule is CCN(CCCC(C#N)(c1c(C(F)(F)F)cccc1C(F)(F)F)C(C)C)CCc1ccccc1. The summed E-state index contributed by atoms with van der Waals surface area (Å²) in [6, 6.07) is 13.7. The van der Waals surface area contributed by atoms with Crippen molar-refractivity contribution in [3.8, 4) is 6.07 Å². The van der Waals surface area contributed by atoms with Gasteiger partial charge in [0.25, 0.3) is 0 Å². The first-order valence-electron chi connectivity index (χ1n) is 11.3. The monoisotopic (exact) mass is 484 g/mol. The molecule has 0 aliphatic heterocycles. The zero-order chi connectivity index (χ0) is 25.6. The number of alkyl halides is 6. The number of halogens is 6. The molecule has 0 aliphatic carbocycles. The summed E-state index contributed by atoms with van der Waals surface area (Å²) in [5, 5.41) is 10.1. The Hall–Kier alpha value is -2.53. The zero-order valence-corrected chi connectivity index (χ0v) is 19.6. The maximum Gasteiger partial charge on any atom is 0.416 e. The van der Waals surface area contributed by atoms with Crippen LogP contribution in [0, 0.1) is 17.2 Å². The molecule has 0 aliphatic rings. The second kappa shape index (κ2) is 11.3. The normalized spacial score (nSPS) is 14.3. The molecule has 0 bridgehead atoms. The first-order chi connectivity index (χ1) is 15.9. The summed E-state index contributed by atoms with van der Waals surface area (Å²) in [5.74, 6) is -0.763. The zero-order valence-electron chi connectivity index (χ0n) is 19.6. The summed E-state index contributed by atoms with van der Waals surface area (Å²) >= 11 is 0. The van der Waals surface area contributed by atoms with Crippen molar-refractivity contribution in [1.82, 2.24) is 4.90 Å². The summed E-state index contributed by atoms with van der Waals surface area (Å²) in [6.07, 6.45) is -9.08. The van der Waals surface area contributed by atoms with Crippen molar-refractivity contribution in [2.45, 2.75) is 57.8 Å². The van der Waals surface area contributed by atoms with Gasteiger partial charge >= 0.3 is 12.4 Å². The predicted molar refractivity (Wildman–Crippen MR) is 120 cm³/mol.